The van der Waals surface area contributed by atoms with Gasteiger partial charge in [-0.15, -0.1) is 0 Å². The highest BCUT2D eigenvalue weighted by Gasteiger charge is 2.27. The Labute approximate surface area is 170 Å². The summed E-state index contributed by atoms with van der Waals surface area (Å²) in [6, 6.07) is 26.1. The summed E-state index contributed by atoms with van der Waals surface area (Å²) in [4.78, 5) is 4.35. The first-order chi connectivity index (χ1) is 14.0. The quantitative estimate of drug-likeness (QED) is 0.501. The molecule has 3 aromatic carbocycles. The second-order valence-corrected chi connectivity index (χ2v) is 8.38. The van der Waals surface area contributed by atoms with Gasteiger partial charge in [-0.2, -0.15) is 4.98 Å². The first-order valence-corrected chi connectivity index (χ1v) is 10.7. The lowest BCUT2D eigenvalue weighted by Gasteiger charge is -2.06. The minimum absolute atomic E-state index is 0.116. The number of benzene rings is 3. The van der Waals surface area contributed by atoms with Gasteiger partial charge in [0.05, 0.1) is 0 Å². The van der Waals surface area contributed by atoms with Crippen molar-refractivity contribution in [3.8, 4) is 22.8 Å². The van der Waals surface area contributed by atoms with Gasteiger partial charge in [0.15, 0.2) is 5.76 Å². The number of aromatic nitrogens is 1. The van der Waals surface area contributed by atoms with E-state index in [1.807, 2.05) is 79.7 Å². The third-order valence-electron chi connectivity index (χ3n) is 4.49. The zero-order valence-corrected chi connectivity index (χ0v) is 16.7. The highest BCUT2D eigenvalue weighted by atomic mass is 32.2. The van der Waals surface area contributed by atoms with Crippen LogP contribution in [0.25, 0.3) is 22.8 Å². The SMILES string of the molecule is Cc1ccc(-c2nc(S(=O)(=O)NCc3ccccc3)c(-c3ccccc3)o2)cc1. The molecule has 0 saturated heterocycles. The molecule has 4 rings (SSSR count). The monoisotopic (exact) mass is 404 g/mol. The number of rotatable bonds is 6. The molecule has 5 nitrogen and oxygen atoms in total. The molecule has 0 aliphatic rings. The van der Waals surface area contributed by atoms with Crippen LogP contribution >= 0.6 is 0 Å². The maximum atomic E-state index is 13.1. The average molecular weight is 404 g/mol. The normalized spacial score (nSPS) is 11.5. The first-order valence-electron chi connectivity index (χ1n) is 9.20. The maximum absolute atomic E-state index is 13.1. The third-order valence-corrected chi connectivity index (χ3v) is 5.80. The Kier molecular flexibility index (Phi) is 5.29. The van der Waals surface area contributed by atoms with Gasteiger partial charge in [0, 0.05) is 17.7 Å². The zero-order chi connectivity index (χ0) is 20.3. The van der Waals surface area contributed by atoms with E-state index in [0.717, 1.165) is 16.7 Å². The summed E-state index contributed by atoms with van der Waals surface area (Å²) in [5, 5.41) is -0.116. The molecular formula is C23H20N2O3S. The van der Waals surface area contributed by atoms with Crippen molar-refractivity contribution in [2.24, 2.45) is 0 Å². The van der Waals surface area contributed by atoms with E-state index in [2.05, 4.69) is 9.71 Å². The summed E-state index contributed by atoms with van der Waals surface area (Å²) >= 11 is 0. The van der Waals surface area contributed by atoms with Crippen LogP contribution < -0.4 is 4.72 Å². The number of nitrogens with one attached hydrogen (secondary N) is 1. The van der Waals surface area contributed by atoms with Gasteiger partial charge >= 0.3 is 0 Å². The Hall–Kier alpha value is -3.22. The lowest BCUT2D eigenvalue weighted by molar-refractivity contribution is 0.571. The summed E-state index contributed by atoms with van der Waals surface area (Å²) < 4.78 is 34.7. The number of hydrogen-bond donors (Lipinski definition) is 1. The fraction of sp³-hybridized carbons (Fsp3) is 0.0870. The summed E-state index contributed by atoms with van der Waals surface area (Å²) in [7, 11) is -3.89. The van der Waals surface area contributed by atoms with Gasteiger partial charge in [0.25, 0.3) is 10.0 Å². The largest absolute Gasteiger partial charge is 0.435 e. The minimum atomic E-state index is -3.89. The molecule has 6 heteroatoms. The van der Waals surface area contributed by atoms with E-state index in [0.29, 0.717) is 5.56 Å². The maximum Gasteiger partial charge on any atom is 0.262 e. The Morgan fingerprint density at radius 2 is 1.45 bits per heavy atom. The summed E-state index contributed by atoms with van der Waals surface area (Å²) in [6.45, 7) is 2.16. The molecule has 0 spiro atoms. The molecule has 0 unspecified atom stereocenters. The molecule has 146 valence electrons. The highest BCUT2D eigenvalue weighted by Crippen LogP contribution is 2.32. The van der Waals surface area contributed by atoms with Crippen LogP contribution in [0.3, 0.4) is 0 Å². The second-order valence-electron chi connectivity index (χ2n) is 6.70. The molecule has 0 atom stereocenters. The van der Waals surface area contributed by atoms with Crippen molar-refractivity contribution in [3.63, 3.8) is 0 Å². The van der Waals surface area contributed by atoms with Crippen molar-refractivity contribution in [2.75, 3.05) is 0 Å². The zero-order valence-electron chi connectivity index (χ0n) is 15.9. The van der Waals surface area contributed by atoms with Crippen molar-refractivity contribution in [2.45, 2.75) is 18.5 Å². The van der Waals surface area contributed by atoms with Crippen molar-refractivity contribution in [1.82, 2.24) is 9.71 Å². The number of oxazole rings is 1. The van der Waals surface area contributed by atoms with Gasteiger partial charge in [-0.05, 0) is 24.6 Å². The summed E-state index contributed by atoms with van der Waals surface area (Å²) in [6.07, 6.45) is 0. The molecule has 0 bridgehead atoms. The highest BCUT2D eigenvalue weighted by molar-refractivity contribution is 7.89. The Morgan fingerprint density at radius 3 is 2.10 bits per heavy atom. The van der Waals surface area contributed by atoms with E-state index >= 15 is 0 Å². The second kappa shape index (κ2) is 8.03. The molecule has 0 saturated carbocycles. The van der Waals surface area contributed by atoms with Crippen LogP contribution in [-0.4, -0.2) is 13.4 Å². The number of hydrogen-bond acceptors (Lipinski definition) is 4. The number of sulfonamides is 1. The van der Waals surface area contributed by atoms with Crippen LogP contribution in [0.2, 0.25) is 0 Å². The van der Waals surface area contributed by atoms with Crippen LogP contribution in [0, 0.1) is 6.92 Å². The van der Waals surface area contributed by atoms with Crippen molar-refractivity contribution < 1.29 is 12.8 Å². The number of nitrogens with zero attached hydrogens (tertiary/aromatic N) is 1. The Balaban J connectivity index is 1.75. The molecule has 1 aromatic heterocycles. The van der Waals surface area contributed by atoms with Crippen LogP contribution in [-0.2, 0) is 16.6 Å². The van der Waals surface area contributed by atoms with Crippen LogP contribution in [0.5, 0.6) is 0 Å². The molecular weight excluding hydrogens is 384 g/mol. The summed E-state index contributed by atoms with van der Waals surface area (Å²) in [5.74, 6) is 0.491. The molecule has 0 aliphatic carbocycles. The fourth-order valence-electron chi connectivity index (χ4n) is 2.92. The molecule has 1 heterocycles. The lowest BCUT2D eigenvalue weighted by atomic mass is 10.1. The molecule has 4 aromatic rings. The predicted octanol–water partition coefficient (Wildman–Crippen LogP) is 4.80. The van der Waals surface area contributed by atoms with Crippen molar-refractivity contribution in [1.29, 1.82) is 0 Å². The van der Waals surface area contributed by atoms with E-state index < -0.39 is 10.0 Å². The van der Waals surface area contributed by atoms with E-state index in [-0.39, 0.29) is 23.2 Å². The number of aryl methyl sites for hydroxylation is 1. The van der Waals surface area contributed by atoms with Gasteiger partial charge in [-0.25, -0.2) is 13.1 Å². The summed E-state index contributed by atoms with van der Waals surface area (Å²) in [5.41, 5.74) is 3.33. The Bertz CT molecular complexity index is 1200. The fourth-order valence-corrected chi connectivity index (χ4v) is 4.02. The Morgan fingerprint density at radius 1 is 0.828 bits per heavy atom. The van der Waals surface area contributed by atoms with Gasteiger partial charge in [-0.3, -0.25) is 0 Å². The van der Waals surface area contributed by atoms with Crippen LogP contribution in [0.1, 0.15) is 11.1 Å². The van der Waals surface area contributed by atoms with E-state index in [4.69, 9.17) is 4.42 Å². The lowest BCUT2D eigenvalue weighted by Crippen LogP contribution is -2.24. The smallest absolute Gasteiger partial charge is 0.262 e. The van der Waals surface area contributed by atoms with E-state index in [1.54, 1.807) is 12.1 Å². The molecule has 29 heavy (non-hydrogen) atoms. The third kappa shape index (κ3) is 4.29. The molecule has 1 N–H and O–H groups in total. The van der Waals surface area contributed by atoms with Crippen LogP contribution in [0.15, 0.2) is 94.4 Å². The van der Waals surface area contributed by atoms with Gasteiger partial charge in [0.2, 0.25) is 10.9 Å². The van der Waals surface area contributed by atoms with E-state index in [9.17, 15) is 8.42 Å². The minimum Gasteiger partial charge on any atom is -0.435 e. The topological polar surface area (TPSA) is 72.2 Å². The molecule has 0 fully saturated rings. The van der Waals surface area contributed by atoms with Crippen molar-refractivity contribution >= 4 is 10.0 Å². The molecule has 0 radical (unpaired) electrons. The van der Waals surface area contributed by atoms with Gasteiger partial charge in [-0.1, -0.05) is 78.4 Å². The first kappa shape index (κ1) is 19.1. The average Bonchev–Trinajstić information content (AvgIpc) is 3.21. The predicted molar refractivity (Wildman–Crippen MR) is 113 cm³/mol. The van der Waals surface area contributed by atoms with Gasteiger partial charge in [0.1, 0.15) is 0 Å². The van der Waals surface area contributed by atoms with Crippen LogP contribution in [0.4, 0.5) is 0 Å². The van der Waals surface area contributed by atoms with E-state index in [1.165, 1.54) is 0 Å². The molecule has 0 amide bonds. The van der Waals surface area contributed by atoms with Crippen molar-refractivity contribution in [3.05, 3.63) is 96.1 Å². The standard InChI is InChI=1S/C23H20N2O3S/c1-17-12-14-20(15-13-17)22-25-23(21(28-22)19-10-6-3-7-11-19)29(26,27)24-16-18-8-4-2-5-9-18/h2-15,24H,16H2,1H3. The van der Waals surface area contributed by atoms with Gasteiger partial charge < -0.3 is 4.42 Å². The molecule has 0 aliphatic heterocycles.